The molecule has 45 heavy (non-hydrogen) atoms. The Kier molecular flexibility index (Phi) is 15.2. The van der Waals surface area contributed by atoms with E-state index >= 15 is 0 Å². The van der Waals surface area contributed by atoms with Gasteiger partial charge in [0, 0.05) is 52.7 Å². The Balaban J connectivity index is 1.58. The summed E-state index contributed by atoms with van der Waals surface area (Å²) < 4.78 is 16.8. The minimum Gasteiger partial charge on any atom is -0.493 e. The van der Waals surface area contributed by atoms with Gasteiger partial charge in [0.1, 0.15) is 6.04 Å². The van der Waals surface area contributed by atoms with E-state index in [2.05, 4.69) is 10.6 Å². The molecule has 0 fully saturated rings. The highest BCUT2D eigenvalue weighted by Gasteiger charge is 2.21. The highest BCUT2D eigenvalue weighted by Crippen LogP contribution is 2.28. The van der Waals surface area contributed by atoms with Crippen LogP contribution in [-0.4, -0.2) is 93.0 Å². The number of ether oxygens (including phenoxy) is 3. The molecule has 3 rings (SSSR count). The van der Waals surface area contributed by atoms with Gasteiger partial charge in [0.2, 0.25) is 17.7 Å². The number of carbonyl (C=O) groups is 4. The number of fused-ring (bicyclic) bond motifs is 2. The molecule has 1 aliphatic rings. The molecule has 1 aliphatic heterocycles. The van der Waals surface area contributed by atoms with Gasteiger partial charge in [-0.05, 0) is 62.3 Å². The maximum atomic E-state index is 13.1. The third kappa shape index (κ3) is 12.8. The van der Waals surface area contributed by atoms with Crippen LogP contribution in [-0.2, 0) is 36.9 Å². The minimum absolute atomic E-state index is 0.0531. The van der Waals surface area contributed by atoms with Gasteiger partial charge >= 0.3 is 0 Å². The number of methoxy groups -OCH3 is 1. The van der Waals surface area contributed by atoms with Crippen LogP contribution >= 0.6 is 0 Å². The molecule has 2 N–H and O–H groups in total. The van der Waals surface area contributed by atoms with Crippen LogP contribution in [0.15, 0.2) is 48.5 Å². The fraction of sp³-hybridized carbons (Fsp3) is 0.529. The number of hydrogen-bond donors (Lipinski definition) is 2. The second kappa shape index (κ2) is 19.3. The Bertz CT molecular complexity index is 1240. The first kappa shape index (κ1) is 35.4. The van der Waals surface area contributed by atoms with Gasteiger partial charge in [0.05, 0.1) is 13.7 Å². The molecule has 2 bridgehead atoms. The summed E-state index contributed by atoms with van der Waals surface area (Å²) in [5, 5.41) is 5.65. The maximum Gasteiger partial charge on any atom is 0.258 e. The molecule has 4 amide bonds. The van der Waals surface area contributed by atoms with Crippen molar-refractivity contribution >= 4 is 23.6 Å². The smallest absolute Gasteiger partial charge is 0.258 e. The highest BCUT2D eigenvalue weighted by molar-refractivity contribution is 5.87. The van der Waals surface area contributed by atoms with Crippen LogP contribution in [0.5, 0.6) is 11.5 Å². The molecule has 11 nitrogen and oxygen atoms in total. The van der Waals surface area contributed by atoms with E-state index in [1.165, 1.54) is 7.11 Å². The number of aryl methyl sites for hydroxylation is 1. The fourth-order valence-electron chi connectivity index (χ4n) is 5.02. The van der Waals surface area contributed by atoms with E-state index in [4.69, 9.17) is 14.2 Å². The zero-order valence-electron chi connectivity index (χ0n) is 26.8. The molecule has 0 aromatic heterocycles. The Morgan fingerprint density at radius 1 is 0.978 bits per heavy atom. The largest absolute Gasteiger partial charge is 0.493 e. The predicted molar refractivity (Wildman–Crippen MR) is 171 cm³/mol. The molecular formula is C34H48N4O7. The van der Waals surface area contributed by atoms with Crippen LogP contribution < -0.4 is 20.1 Å². The second-order valence-electron chi connectivity index (χ2n) is 11.3. The summed E-state index contributed by atoms with van der Waals surface area (Å²) in [5.74, 6) is 0.189. The third-order valence-electron chi connectivity index (χ3n) is 7.59. The van der Waals surface area contributed by atoms with Gasteiger partial charge in [-0.2, -0.15) is 0 Å². The van der Waals surface area contributed by atoms with E-state index in [1.54, 1.807) is 31.0 Å². The number of nitrogens with one attached hydrogen (secondary N) is 2. The van der Waals surface area contributed by atoms with Crippen LogP contribution in [0.25, 0.3) is 0 Å². The first-order chi connectivity index (χ1) is 21.8. The van der Waals surface area contributed by atoms with Gasteiger partial charge in [-0.25, -0.2) is 0 Å². The van der Waals surface area contributed by atoms with Gasteiger partial charge < -0.3 is 34.6 Å². The lowest BCUT2D eigenvalue weighted by molar-refractivity contribution is -0.135. The molecular weight excluding hydrogens is 576 g/mol. The lowest BCUT2D eigenvalue weighted by Crippen LogP contribution is -2.47. The molecule has 246 valence electrons. The quantitative estimate of drug-likeness (QED) is 0.454. The first-order valence-corrected chi connectivity index (χ1v) is 15.8. The van der Waals surface area contributed by atoms with Gasteiger partial charge in [0.15, 0.2) is 18.1 Å². The van der Waals surface area contributed by atoms with Crippen LogP contribution in [0, 0.1) is 0 Å². The Hall–Kier alpha value is -4.12. The number of amides is 4. The summed E-state index contributed by atoms with van der Waals surface area (Å²) >= 11 is 0. The van der Waals surface area contributed by atoms with Crippen molar-refractivity contribution in [3.05, 3.63) is 59.7 Å². The Morgan fingerprint density at radius 3 is 2.51 bits per heavy atom. The number of hydrogen-bond acceptors (Lipinski definition) is 7. The van der Waals surface area contributed by atoms with E-state index < -0.39 is 11.9 Å². The van der Waals surface area contributed by atoms with Crippen molar-refractivity contribution in [1.29, 1.82) is 0 Å². The highest BCUT2D eigenvalue weighted by atomic mass is 16.5. The topological polar surface area (TPSA) is 127 Å². The van der Waals surface area contributed by atoms with Gasteiger partial charge in [-0.1, -0.05) is 36.4 Å². The maximum absolute atomic E-state index is 13.1. The zero-order valence-corrected chi connectivity index (χ0v) is 26.8. The summed E-state index contributed by atoms with van der Waals surface area (Å²) in [5.41, 5.74) is 1.96. The second-order valence-corrected chi connectivity index (χ2v) is 11.3. The molecule has 0 unspecified atom stereocenters. The number of rotatable bonds is 7. The van der Waals surface area contributed by atoms with Gasteiger partial charge in [-0.3, -0.25) is 19.2 Å². The normalized spacial score (nSPS) is 18.1. The number of benzene rings is 2. The van der Waals surface area contributed by atoms with Crippen molar-refractivity contribution in [3.8, 4) is 11.5 Å². The summed E-state index contributed by atoms with van der Waals surface area (Å²) in [6.45, 7) is 4.41. The molecule has 0 spiro atoms. The van der Waals surface area contributed by atoms with Crippen molar-refractivity contribution in [3.63, 3.8) is 0 Å². The fourth-order valence-corrected chi connectivity index (χ4v) is 5.02. The Labute approximate surface area is 266 Å². The molecule has 0 saturated carbocycles. The molecule has 0 saturated heterocycles. The lowest BCUT2D eigenvalue weighted by atomic mass is 10.1. The van der Waals surface area contributed by atoms with Crippen molar-refractivity contribution in [1.82, 2.24) is 20.4 Å². The van der Waals surface area contributed by atoms with Crippen molar-refractivity contribution < 1.29 is 33.4 Å². The molecule has 2 aromatic rings. The summed E-state index contributed by atoms with van der Waals surface area (Å²) in [6.07, 6.45) is 3.82. The van der Waals surface area contributed by atoms with Crippen molar-refractivity contribution in [2.24, 2.45) is 0 Å². The van der Waals surface area contributed by atoms with Crippen molar-refractivity contribution in [2.45, 2.75) is 64.5 Å². The molecule has 1 heterocycles. The van der Waals surface area contributed by atoms with Crippen LogP contribution in [0.4, 0.5) is 0 Å². The predicted octanol–water partition coefficient (Wildman–Crippen LogP) is 3.10. The minimum atomic E-state index is -0.724. The third-order valence-corrected chi connectivity index (χ3v) is 7.59. The standard InChI is InChI=1S/C34H48N4O7/c1-26-34(42)37(2)19-7-8-20-38(33(41)13-9-22-44-24-28-11-5-4-6-12-28)21-10-18-35-31(39)17-15-27-14-16-29(43-3)30(23-27)45-25-32(40)36-26/h4-6,11-12,14,16,23,26H,7-10,13,15,17-22,24-25H2,1-3H3,(H,35,39)(H,36,40)/t26-/m0/s1. The lowest BCUT2D eigenvalue weighted by Gasteiger charge is -2.25. The van der Waals surface area contributed by atoms with Crippen LogP contribution in [0.2, 0.25) is 0 Å². The number of likely N-dealkylation sites (N-methyl/N-ethyl adjacent to an activating group) is 1. The summed E-state index contributed by atoms with van der Waals surface area (Å²) in [7, 11) is 3.22. The molecule has 0 aliphatic carbocycles. The van der Waals surface area contributed by atoms with E-state index in [-0.39, 0.29) is 30.7 Å². The number of nitrogens with zero attached hydrogens (tertiary/aromatic N) is 2. The van der Waals surface area contributed by atoms with Gasteiger partial charge in [-0.15, -0.1) is 0 Å². The Morgan fingerprint density at radius 2 is 1.73 bits per heavy atom. The summed E-state index contributed by atoms with van der Waals surface area (Å²) in [4.78, 5) is 54.6. The molecule has 0 radical (unpaired) electrons. The monoisotopic (exact) mass is 624 g/mol. The average Bonchev–Trinajstić information content (AvgIpc) is 3.04. The molecule has 2 aromatic carbocycles. The van der Waals surface area contributed by atoms with Crippen LogP contribution in [0.1, 0.15) is 56.6 Å². The van der Waals surface area contributed by atoms with Crippen molar-refractivity contribution in [2.75, 3.05) is 53.6 Å². The van der Waals surface area contributed by atoms with E-state index in [1.807, 2.05) is 41.3 Å². The van der Waals surface area contributed by atoms with E-state index in [9.17, 15) is 19.2 Å². The van der Waals surface area contributed by atoms with E-state index in [0.29, 0.717) is 89.4 Å². The van der Waals surface area contributed by atoms with Gasteiger partial charge in [0.25, 0.3) is 5.91 Å². The number of carbonyl (C=O) groups excluding carboxylic acids is 4. The van der Waals surface area contributed by atoms with Crippen LogP contribution in [0.3, 0.4) is 0 Å². The SMILES string of the molecule is COc1ccc2cc1OCC(=O)N[C@@H](C)C(=O)N(C)CCCCN(C(=O)CCCOCc1ccccc1)CCCNC(=O)CC2. The average molecular weight is 625 g/mol. The summed E-state index contributed by atoms with van der Waals surface area (Å²) in [6, 6.07) is 14.5. The molecule has 11 heteroatoms. The molecule has 1 atom stereocenters. The zero-order chi connectivity index (χ0) is 32.4. The first-order valence-electron chi connectivity index (χ1n) is 15.8. The van der Waals surface area contributed by atoms with E-state index in [0.717, 1.165) is 11.1 Å².